The van der Waals surface area contributed by atoms with Crippen molar-refractivity contribution in [2.45, 2.75) is 0 Å². The number of hydrazone groups is 1. The van der Waals surface area contributed by atoms with Crippen molar-refractivity contribution in [2.24, 2.45) is 5.10 Å². The molecule has 0 bridgehead atoms. The van der Waals surface area contributed by atoms with E-state index < -0.39 is 5.91 Å². The van der Waals surface area contributed by atoms with Crippen LogP contribution in [0.2, 0.25) is 10.2 Å². The summed E-state index contributed by atoms with van der Waals surface area (Å²) in [6, 6.07) is 10.5. The fraction of sp³-hybridized carbons (Fsp3) is 0. The van der Waals surface area contributed by atoms with Crippen LogP contribution in [0.3, 0.4) is 0 Å². The van der Waals surface area contributed by atoms with Gasteiger partial charge in [-0.3, -0.25) is 4.79 Å². The zero-order chi connectivity index (χ0) is 14.5. The summed E-state index contributed by atoms with van der Waals surface area (Å²) in [6.07, 6.45) is 1.51. The fourth-order valence-electron chi connectivity index (χ4n) is 1.37. The lowest BCUT2D eigenvalue weighted by Crippen LogP contribution is -2.19. The number of benzene rings is 1. The lowest BCUT2D eigenvalue weighted by atomic mass is 10.2. The van der Waals surface area contributed by atoms with Crippen molar-refractivity contribution in [2.75, 3.05) is 0 Å². The Bertz CT molecular complexity index is 676. The van der Waals surface area contributed by atoms with Crippen LogP contribution < -0.4 is 5.43 Å². The first-order valence-corrected chi connectivity index (χ1v) is 7.03. The molecule has 2 aromatic rings. The molecule has 0 aliphatic carbocycles. The Morgan fingerprint density at radius 1 is 1.25 bits per heavy atom. The number of carbonyl (C=O) groups is 1. The molecule has 1 aromatic carbocycles. The summed E-state index contributed by atoms with van der Waals surface area (Å²) >= 11 is 15.0. The number of hydrogen-bond donors (Lipinski definition) is 1. The molecule has 0 atom stereocenters. The van der Waals surface area contributed by atoms with Gasteiger partial charge in [0.05, 0.1) is 11.2 Å². The van der Waals surface area contributed by atoms with Crippen molar-refractivity contribution in [3.05, 3.63) is 62.3 Å². The summed E-state index contributed by atoms with van der Waals surface area (Å²) in [7, 11) is 0. The van der Waals surface area contributed by atoms with Crippen LogP contribution in [0.5, 0.6) is 0 Å². The van der Waals surface area contributed by atoms with Gasteiger partial charge < -0.3 is 0 Å². The Hall–Kier alpha value is -1.43. The maximum atomic E-state index is 11.9. The molecule has 1 amide bonds. The van der Waals surface area contributed by atoms with Crippen molar-refractivity contribution in [1.29, 1.82) is 0 Å². The number of aromatic nitrogens is 1. The van der Waals surface area contributed by atoms with Gasteiger partial charge in [-0.15, -0.1) is 0 Å². The highest BCUT2D eigenvalue weighted by atomic mass is 79.9. The summed E-state index contributed by atoms with van der Waals surface area (Å²) in [4.78, 5) is 15.7. The molecule has 0 aliphatic rings. The van der Waals surface area contributed by atoms with E-state index in [9.17, 15) is 4.79 Å². The Balaban J connectivity index is 2.09. The van der Waals surface area contributed by atoms with Gasteiger partial charge >= 0.3 is 0 Å². The van der Waals surface area contributed by atoms with Gasteiger partial charge in [-0.2, -0.15) is 5.10 Å². The maximum absolute atomic E-state index is 11.9. The van der Waals surface area contributed by atoms with Crippen molar-refractivity contribution < 1.29 is 4.79 Å². The number of pyridine rings is 1. The molecule has 0 unspecified atom stereocenters. The van der Waals surface area contributed by atoms with Gasteiger partial charge in [-0.1, -0.05) is 57.3 Å². The van der Waals surface area contributed by atoms with Crippen LogP contribution in [0.25, 0.3) is 0 Å². The van der Waals surface area contributed by atoms with Crippen molar-refractivity contribution in [1.82, 2.24) is 10.4 Å². The van der Waals surface area contributed by atoms with Crippen molar-refractivity contribution in [3.63, 3.8) is 0 Å². The van der Waals surface area contributed by atoms with E-state index in [2.05, 4.69) is 31.4 Å². The summed E-state index contributed by atoms with van der Waals surface area (Å²) in [6.45, 7) is 0. The summed E-state index contributed by atoms with van der Waals surface area (Å²) in [5.41, 5.74) is 3.21. The van der Waals surface area contributed by atoms with Gasteiger partial charge in [0.25, 0.3) is 5.91 Å². The minimum absolute atomic E-state index is 0.0310. The second-order valence-electron chi connectivity index (χ2n) is 3.69. The van der Waals surface area contributed by atoms with E-state index >= 15 is 0 Å². The number of amides is 1. The van der Waals surface area contributed by atoms with Crippen LogP contribution >= 0.6 is 39.1 Å². The fourth-order valence-corrected chi connectivity index (χ4v) is 2.10. The van der Waals surface area contributed by atoms with E-state index in [0.717, 1.165) is 10.0 Å². The van der Waals surface area contributed by atoms with Gasteiger partial charge in [0.1, 0.15) is 10.8 Å². The number of hydrogen-bond acceptors (Lipinski definition) is 3. The molecule has 0 spiro atoms. The van der Waals surface area contributed by atoms with E-state index in [4.69, 9.17) is 23.2 Å². The smallest absolute Gasteiger partial charge is 0.265 e. The predicted octanol–water partition coefficient (Wildman–Crippen LogP) is 3.91. The number of carbonyl (C=O) groups excluding carboxylic acids is 1. The van der Waals surface area contributed by atoms with Crippen LogP contribution in [0.4, 0.5) is 0 Å². The highest BCUT2D eigenvalue weighted by Crippen LogP contribution is 2.16. The highest BCUT2D eigenvalue weighted by molar-refractivity contribution is 9.10. The normalized spacial score (nSPS) is 10.8. The second kappa shape index (κ2) is 6.83. The number of halogens is 3. The molecule has 1 aromatic heterocycles. The first-order chi connectivity index (χ1) is 9.58. The topological polar surface area (TPSA) is 54.4 Å². The molecule has 0 fully saturated rings. The van der Waals surface area contributed by atoms with E-state index in [1.165, 1.54) is 18.3 Å². The van der Waals surface area contributed by atoms with Gasteiger partial charge in [-0.25, -0.2) is 10.4 Å². The molecule has 0 radical (unpaired) electrons. The monoisotopic (exact) mass is 371 g/mol. The molecule has 2 rings (SSSR count). The molecular weight excluding hydrogens is 365 g/mol. The molecule has 0 aliphatic heterocycles. The van der Waals surface area contributed by atoms with Gasteiger partial charge in [0.2, 0.25) is 0 Å². The summed E-state index contributed by atoms with van der Waals surface area (Å²) in [5.74, 6) is -0.527. The van der Waals surface area contributed by atoms with Crippen LogP contribution in [-0.2, 0) is 0 Å². The Kier molecular flexibility index (Phi) is 5.11. The zero-order valence-electron chi connectivity index (χ0n) is 9.98. The molecule has 7 heteroatoms. The molecule has 0 saturated heterocycles. The molecule has 4 nitrogen and oxygen atoms in total. The predicted molar refractivity (Wildman–Crippen MR) is 83.5 cm³/mol. The standard InChI is InChI=1S/C13H8BrCl2N3O/c14-9-4-2-1-3-8(9)7-17-19-13(20)12-10(15)5-6-11(16)18-12/h1-7H,(H,19,20)/b17-7+. The first kappa shape index (κ1) is 15.0. The molecule has 1 N–H and O–H groups in total. The highest BCUT2D eigenvalue weighted by Gasteiger charge is 2.11. The Morgan fingerprint density at radius 3 is 2.75 bits per heavy atom. The minimum atomic E-state index is -0.527. The van der Waals surface area contributed by atoms with Gasteiger partial charge in [0, 0.05) is 10.0 Å². The number of rotatable bonds is 3. The van der Waals surface area contributed by atoms with Crippen LogP contribution in [0.1, 0.15) is 16.1 Å². The molecular formula is C13H8BrCl2N3O. The van der Waals surface area contributed by atoms with Crippen LogP contribution in [0, 0.1) is 0 Å². The van der Waals surface area contributed by atoms with E-state index in [-0.39, 0.29) is 15.9 Å². The summed E-state index contributed by atoms with van der Waals surface area (Å²) < 4.78 is 0.872. The van der Waals surface area contributed by atoms with E-state index in [0.29, 0.717) is 0 Å². The third kappa shape index (κ3) is 3.79. The molecule has 20 heavy (non-hydrogen) atoms. The quantitative estimate of drug-likeness (QED) is 0.504. The number of nitrogens with one attached hydrogen (secondary N) is 1. The van der Waals surface area contributed by atoms with Crippen molar-refractivity contribution >= 4 is 51.3 Å². The van der Waals surface area contributed by atoms with Gasteiger partial charge in [0.15, 0.2) is 0 Å². The van der Waals surface area contributed by atoms with Crippen molar-refractivity contribution in [3.8, 4) is 0 Å². The SMILES string of the molecule is O=C(N/N=C/c1ccccc1Br)c1nc(Cl)ccc1Cl. The minimum Gasteiger partial charge on any atom is -0.265 e. The maximum Gasteiger partial charge on any atom is 0.291 e. The van der Waals surface area contributed by atoms with E-state index in [1.807, 2.05) is 24.3 Å². The average molecular weight is 373 g/mol. The number of nitrogens with zero attached hydrogens (tertiary/aromatic N) is 2. The second-order valence-corrected chi connectivity index (χ2v) is 5.33. The molecule has 102 valence electrons. The largest absolute Gasteiger partial charge is 0.291 e. The van der Waals surface area contributed by atoms with Crippen LogP contribution in [-0.4, -0.2) is 17.1 Å². The summed E-state index contributed by atoms with van der Waals surface area (Å²) in [5, 5.41) is 4.25. The van der Waals surface area contributed by atoms with E-state index in [1.54, 1.807) is 0 Å². The third-order valence-electron chi connectivity index (χ3n) is 2.30. The van der Waals surface area contributed by atoms with Crippen LogP contribution in [0.15, 0.2) is 46.0 Å². The lowest BCUT2D eigenvalue weighted by molar-refractivity contribution is 0.0950. The lowest BCUT2D eigenvalue weighted by Gasteiger charge is -2.02. The Morgan fingerprint density at radius 2 is 2.00 bits per heavy atom. The zero-order valence-corrected chi connectivity index (χ0v) is 13.1. The third-order valence-corrected chi connectivity index (χ3v) is 3.54. The average Bonchev–Trinajstić information content (AvgIpc) is 2.43. The Labute approximate surface area is 133 Å². The van der Waals surface area contributed by atoms with Gasteiger partial charge in [-0.05, 0) is 18.2 Å². The molecule has 0 saturated carbocycles. The first-order valence-electron chi connectivity index (χ1n) is 5.48. The molecule has 1 heterocycles.